The maximum Gasteiger partial charge on any atom is 0.151 e. The molecule has 1 unspecified atom stereocenters. The zero-order valence-electron chi connectivity index (χ0n) is 17.8. The third kappa shape index (κ3) is 2.17. The molecule has 1 aromatic rings. The van der Waals surface area contributed by atoms with E-state index in [1.165, 1.54) is 22.3 Å². The molecule has 4 nitrogen and oxygen atoms in total. The van der Waals surface area contributed by atoms with Crippen molar-refractivity contribution in [1.29, 1.82) is 0 Å². The molecule has 6 atom stereocenters. The van der Waals surface area contributed by atoms with Crippen LogP contribution in [0.25, 0.3) is 0 Å². The number of aliphatic hydroxyl groups excluding tert-OH is 2. The molecule has 6 rings (SSSR count). The highest BCUT2D eigenvalue weighted by atomic mass is 16.5. The van der Waals surface area contributed by atoms with Gasteiger partial charge in [-0.2, -0.15) is 0 Å². The van der Waals surface area contributed by atoms with Gasteiger partial charge in [0, 0.05) is 23.8 Å². The Balaban J connectivity index is 1.57. The number of likely N-dealkylation sites (tertiary alicyclic amines) is 1. The Morgan fingerprint density at radius 2 is 2.00 bits per heavy atom. The molecule has 2 heterocycles. The highest BCUT2D eigenvalue weighted by Crippen LogP contribution is 2.68. The fourth-order valence-electron chi connectivity index (χ4n) is 7.42. The van der Waals surface area contributed by atoms with Gasteiger partial charge < -0.3 is 19.8 Å². The molecular weight excluding hydrogens is 374 g/mol. The summed E-state index contributed by atoms with van der Waals surface area (Å²) < 4.78 is 6.88. The maximum atomic E-state index is 11.4. The molecule has 30 heavy (non-hydrogen) atoms. The van der Waals surface area contributed by atoms with Crippen LogP contribution in [0, 0.1) is 11.3 Å². The Morgan fingerprint density at radius 3 is 2.80 bits per heavy atom. The fraction of sp³-hybridized carbons (Fsp3) is 0.538. The number of hydrogen-bond acceptors (Lipinski definition) is 4. The Morgan fingerprint density at radius 1 is 1.20 bits per heavy atom. The molecule has 4 heteroatoms. The van der Waals surface area contributed by atoms with E-state index in [2.05, 4.69) is 49.2 Å². The maximum absolute atomic E-state index is 11.4. The van der Waals surface area contributed by atoms with Crippen LogP contribution in [0.5, 0.6) is 0 Å². The predicted octanol–water partition coefficient (Wildman–Crippen LogP) is 3.71. The summed E-state index contributed by atoms with van der Waals surface area (Å²) in [6.45, 7) is 3.18. The first kappa shape index (κ1) is 18.9. The molecule has 2 aliphatic heterocycles. The molecule has 1 spiro atoms. The van der Waals surface area contributed by atoms with E-state index in [1.54, 1.807) is 0 Å². The van der Waals surface area contributed by atoms with Crippen LogP contribution in [0.2, 0.25) is 0 Å². The summed E-state index contributed by atoms with van der Waals surface area (Å²) in [6.07, 6.45) is 9.62. The molecule has 3 aliphatic carbocycles. The summed E-state index contributed by atoms with van der Waals surface area (Å²) in [5.41, 5.74) is 4.23. The summed E-state index contributed by atoms with van der Waals surface area (Å²) in [5.74, 6) is 0.678. The number of hydrogen-bond donors (Lipinski definition) is 2. The van der Waals surface area contributed by atoms with Crippen LogP contribution in [0.1, 0.15) is 37.3 Å². The smallest absolute Gasteiger partial charge is 0.151 e. The lowest BCUT2D eigenvalue weighted by atomic mass is 9.50. The van der Waals surface area contributed by atoms with Crippen molar-refractivity contribution in [2.24, 2.45) is 11.3 Å². The van der Waals surface area contributed by atoms with Crippen molar-refractivity contribution in [3.05, 3.63) is 70.5 Å². The van der Waals surface area contributed by atoms with Crippen LogP contribution in [-0.2, 0) is 17.6 Å². The molecule has 0 radical (unpaired) electrons. The van der Waals surface area contributed by atoms with Gasteiger partial charge in [0.05, 0.1) is 12.2 Å². The van der Waals surface area contributed by atoms with Crippen molar-refractivity contribution in [2.45, 2.75) is 62.9 Å². The second kappa shape index (κ2) is 6.32. The van der Waals surface area contributed by atoms with Crippen LogP contribution < -0.4 is 0 Å². The topological polar surface area (TPSA) is 52.9 Å². The number of aryl methyl sites for hydroxylation is 1. The minimum absolute atomic E-state index is 0.206. The largest absolute Gasteiger partial charge is 0.509 e. The highest BCUT2D eigenvalue weighted by Gasteiger charge is 2.71. The zero-order valence-corrected chi connectivity index (χ0v) is 17.8. The van der Waals surface area contributed by atoms with Gasteiger partial charge in [-0.3, -0.25) is 0 Å². The van der Waals surface area contributed by atoms with E-state index < -0.39 is 11.7 Å². The molecule has 1 aromatic carbocycles. The monoisotopic (exact) mass is 405 g/mol. The van der Waals surface area contributed by atoms with Crippen molar-refractivity contribution in [1.82, 2.24) is 4.90 Å². The minimum Gasteiger partial charge on any atom is -0.509 e. The van der Waals surface area contributed by atoms with Gasteiger partial charge in [0.25, 0.3) is 0 Å². The fourth-order valence-corrected chi connectivity index (χ4v) is 7.42. The Kier molecular flexibility index (Phi) is 3.97. The number of rotatable bonds is 3. The number of benzene rings is 1. The second-order valence-electron chi connectivity index (χ2n) is 9.88. The third-order valence-electron chi connectivity index (χ3n) is 8.69. The van der Waals surface area contributed by atoms with Gasteiger partial charge in [-0.25, -0.2) is 0 Å². The lowest BCUT2D eigenvalue weighted by Gasteiger charge is -2.58. The van der Waals surface area contributed by atoms with E-state index in [0.29, 0.717) is 24.1 Å². The van der Waals surface area contributed by atoms with Gasteiger partial charge in [-0.15, -0.1) is 0 Å². The minimum atomic E-state index is -0.838. The lowest BCUT2D eigenvalue weighted by molar-refractivity contribution is -0.118. The van der Waals surface area contributed by atoms with Crippen LogP contribution in [0.3, 0.4) is 0 Å². The molecule has 158 valence electrons. The van der Waals surface area contributed by atoms with Crippen LogP contribution in [-0.4, -0.2) is 52.6 Å². The second-order valence-corrected chi connectivity index (χ2v) is 9.88. The lowest BCUT2D eigenvalue weighted by Crippen LogP contribution is -2.62. The Labute approximate surface area is 178 Å². The molecule has 5 aliphatic rings. The summed E-state index contributed by atoms with van der Waals surface area (Å²) in [5, 5.41) is 22.4. The number of ether oxygens (including phenoxy) is 1. The van der Waals surface area contributed by atoms with Crippen LogP contribution in [0.15, 0.2) is 59.4 Å². The molecule has 0 amide bonds. The number of nitrogens with zero attached hydrogens (tertiary/aromatic N) is 1. The first-order chi connectivity index (χ1) is 14.5. The third-order valence-corrected chi connectivity index (χ3v) is 8.69. The molecule has 2 N–H and O–H groups in total. The predicted molar refractivity (Wildman–Crippen MR) is 116 cm³/mol. The van der Waals surface area contributed by atoms with E-state index in [1.807, 2.05) is 12.2 Å². The standard InChI is InChI=1S/C26H31NO3/c1-3-16-6-4-5-7-18(16)15-26-22(29)11-8-17-14-20-19-9-10-21(28)24(30-26)25(19,23(17)26)12-13-27(20)2/h4-7,9-11,19-21,24,28-29H,3,8,12-15H2,1-2H3/t19-,20+,21-,24-,25-,26?/m0/s1. The van der Waals surface area contributed by atoms with Gasteiger partial charge >= 0.3 is 0 Å². The van der Waals surface area contributed by atoms with Crippen molar-refractivity contribution in [2.75, 3.05) is 13.6 Å². The van der Waals surface area contributed by atoms with Crippen molar-refractivity contribution in [3.8, 4) is 0 Å². The van der Waals surface area contributed by atoms with Crippen molar-refractivity contribution < 1.29 is 14.9 Å². The van der Waals surface area contributed by atoms with E-state index in [0.717, 1.165) is 32.2 Å². The summed E-state index contributed by atoms with van der Waals surface area (Å²) in [4.78, 5) is 2.49. The van der Waals surface area contributed by atoms with Gasteiger partial charge in [0.1, 0.15) is 5.76 Å². The number of allylic oxidation sites excluding steroid dienone is 1. The van der Waals surface area contributed by atoms with Gasteiger partial charge in [0.15, 0.2) is 5.60 Å². The van der Waals surface area contributed by atoms with Gasteiger partial charge in [0.2, 0.25) is 0 Å². The first-order valence-corrected chi connectivity index (χ1v) is 11.4. The molecule has 0 aromatic heterocycles. The summed E-state index contributed by atoms with van der Waals surface area (Å²) >= 11 is 0. The summed E-state index contributed by atoms with van der Waals surface area (Å²) in [6, 6.07) is 8.96. The van der Waals surface area contributed by atoms with Gasteiger partial charge in [-0.05, 0) is 62.1 Å². The molecule has 2 bridgehead atoms. The Hall–Kier alpha value is -1.88. The average Bonchev–Trinajstić information content (AvgIpc) is 3.06. The average molecular weight is 406 g/mol. The summed E-state index contributed by atoms with van der Waals surface area (Å²) in [7, 11) is 2.23. The van der Waals surface area contributed by atoms with E-state index in [4.69, 9.17) is 4.74 Å². The highest BCUT2D eigenvalue weighted by molar-refractivity contribution is 5.54. The van der Waals surface area contributed by atoms with Crippen molar-refractivity contribution in [3.63, 3.8) is 0 Å². The SMILES string of the molecule is CCc1ccccc1CC12O[C@H]3[C@@H](O)C=C[C@H]4[C@H]5CC(=C1[C@]43CCN5C)CC=C2O. The van der Waals surface area contributed by atoms with Crippen molar-refractivity contribution >= 4 is 0 Å². The van der Waals surface area contributed by atoms with Crippen LogP contribution in [0.4, 0.5) is 0 Å². The van der Waals surface area contributed by atoms with E-state index in [-0.39, 0.29) is 11.5 Å². The molecule has 0 saturated carbocycles. The van der Waals surface area contributed by atoms with E-state index in [9.17, 15) is 10.2 Å². The first-order valence-electron chi connectivity index (χ1n) is 11.4. The number of piperidine rings is 1. The quantitative estimate of drug-likeness (QED) is 0.753. The van der Waals surface area contributed by atoms with Crippen LogP contribution >= 0.6 is 0 Å². The number of aliphatic hydroxyl groups is 2. The van der Waals surface area contributed by atoms with Gasteiger partial charge in [-0.1, -0.05) is 48.9 Å². The zero-order chi connectivity index (χ0) is 20.7. The molecular formula is C26H31NO3. The van der Waals surface area contributed by atoms with E-state index >= 15 is 0 Å². The molecule has 2 saturated heterocycles. The normalized spacial score (nSPS) is 41.6. The molecule has 2 fully saturated rings. The Bertz CT molecular complexity index is 994.